The molecule has 0 spiro atoms. The van der Waals surface area contributed by atoms with Crippen LogP contribution in [0.3, 0.4) is 0 Å². The highest BCUT2D eigenvalue weighted by atomic mass is 127. The van der Waals surface area contributed by atoms with Gasteiger partial charge < -0.3 is 10.2 Å². The second-order valence-electron chi connectivity index (χ2n) is 4.12. The zero-order valence-corrected chi connectivity index (χ0v) is 13.1. The minimum absolute atomic E-state index is 0.211. The maximum atomic E-state index is 12.9. The highest BCUT2D eigenvalue weighted by molar-refractivity contribution is 14.1. The Labute approximate surface area is 135 Å². The first-order chi connectivity index (χ1) is 10.1. The molecule has 0 heterocycles. The molecule has 0 aliphatic heterocycles. The van der Waals surface area contributed by atoms with Gasteiger partial charge in [0.1, 0.15) is 5.82 Å². The molecule has 6 heteroatoms. The van der Waals surface area contributed by atoms with Crippen LogP contribution in [0.25, 0.3) is 0 Å². The summed E-state index contributed by atoms with van der Waals surface area (Å²) in [4.78, 5) is 16.5. The second-order valence-corrected chi connectivity index (χ2v) is 5.36. The van der Waals surface area contributed by atoms with Crippen LogP contribution in [0, 0.1) is 9.39 Å². The summed E-state index contributed by atoms with van der Waals surface area (Å²) in [5.74, 6) is -0.664. The first-order valence-electron chi connectivity index (χ1n) is 6.10. The maximum absolute atomic E-state index is 12.9. The number of anilines is 1. The summed E-state index contributed by atoms with van der Waals surface area (Å²) in [6.45, 7) is -0.211. The number of oxime groups is 1. The molecule has 2 aromatic carbocycles. The molecular formula is C15H12FIN2O2. The molecule has 0 bridgehead atoms. The molecule has 0 aliphatic rings. The van der Waals surface area contributed by atoms with Gasteiger partial charge in [-0.2, -0.15) is 0 Å². The largest absolute Gasteiger partial charge is 0.386 e. The fourth-order valence-electron chi connectivity index (χ4n) is 1.51. The molecule has 21 heavy (non-hydrogen) atoms. The SMILES string of the molecule is O=C(CO/N=C\c1cccc(F)c1)Nc1ccc(I)cc1. The lowest BCUT2D eigenvalue weighted by Crippen LogP contribution is -2.16. The standard InChI is InChI=1S/C15H12FIN2O2/c16-12-3-1-2-11(8-12)9-18-21-10-15(20)19-14-6-4-13(17)5-7-14/h1-9H,10H2,(H,19,20)/b18-9-. The summed E-state index contributed by atoms with van der Waals surface area (Å²) in [5.41, 5.74) is 1.26. The Morgan fingerprint density at radius 3 is 2.76 bits per heavy atom. The third-order valence-electron chi connectivity index (χ3n) is 2.45. The molecule has 2 rings (SSSR count). The van der Waals surface area contributed by atoms with Crippen molar-refractivity contribution in [3.05, 3.63) is 63.5 Å². The van der Waals surface area contributed by atoms with Crippen molar-refractivity contribution >= 4 is 40.4 Å². The van der Waals surface area contributed by atoms with Crippen LogP contribution in [0.1, 0.15) is 5.56 Å². The van der Waals surface area contributed by atoms with Crippen molar-refractivity contribution in [2.24, 2.45) is 5.16 Å². The second kappa shape index (κ2) is 7.72. The fourth-order valence-corrected chi connectivity index (χ4v) is 1.87. The fraction of sp³-hybridized carbons (Fsp3) is 0.0667. The van der Waals surface area contributed by atoms with Crippen molar-refractivity contribution in [2.75, 3.05) is 11.9 Å². The van der Waals surface area contributed by atoms with Gasteiger partial charge in [0.05, 0.1) is 6.21 Å². The summed E-state index contributed by atoms with van der Waals surface area (Å²) in [7, 11) is 0. The molecule has 2 aromatic rings. The Kier molecular flexibility index (Phi) is 5.68. The van der Waals surface area contributed by atoms with E-state index in [-0.39, 0.29) is 18.3 Å². The van der Waals surface area contributed by atoms with Crippen LogP contribution in [0.2, 0.25) is 0 Å². The number of carbonyl (C=O) groups is 1. The lowest BCUT2D eigenvalue weighted by atomic mass is 10.2. The molecule has 0 saturated carbocycles. The van der Waals surface area contributed by atoms with Gasteiger partial charge >= 0.3 is 0 Å². The first kappa shape index (κ1) is 15.4. The quantitative estimate of drug-likeness (QED) is 0.477. The van der Waals surface area contributed by atoms with E-state index in [2.05, 4.69) is 33.1 Å². The number of halogens is 2. The topological polar surface area (TPSA) is 50.7 Å². The molecule has 0 aliphatic carbocycles. The lowest BCUT2D eigenvalue weighted by molar-refractivity contribution is -0.120. The minimum Gasteiger partial charge on any atom is -0.386 e. The molecule has 108 valence electrons. The normalized spacial score (nSPS) is 10.6. The van der Waals surface area contributed by atoms with Crippen molar-refractivity contribution in [1.29, 1.82) is 0 Å². The number of amides is 1. The highest BCUT2D eigenvalue weighted by Gasteiger charge is 2.02. The molecule has 0 unspecified atom stereocenters. The monoisotopic (exact) mass is 398 g/mol. The van der Waals surface area contributed by atoms with E-state index in [1.807, 2.05) is 12.1 Å². The zero-order chi connectivity index (χ0) is 15.1. The molecule has 0 atom stereocenters. The van der Waals surface area contributed by atoms with Crippen LogP contribution in [0.4, 0.5) is 10.1 Å². The maximum Gasteiger partial charge on any atom is 0.265 e. The lowest BCUT2D eigenvalue weighted by Gasteiger charge is -2.04. The molecule has 0 saturated heterocycles. The third kappa shape index (κ3) is 5.50. The smallest absolute Gasteiger partial charge is 0.265 e. The van der Waals surface area contributed by atoms with Gasteiger partial charge in [0.2, 0.25) is 0 Å². The van der Waals surface area contributed by atoms with Crippen molar-refractivity contribution < 1.29 is 14.0 Å². The van der Waals surface area contributed by atoms with E-state index in [9.17, 15) is 9.18 Å². The van der Waals surface area contributed by atoms with Crippen LogP contribution in [-0.2, 0) is 9.63 Å². The van der Waals surface area contributed by atoms with E-state index in [4.69, 9.17) is 4.84 Å². The average Bonchev–Trinajstić information content (AvgIpc) is 2.46. The van der Waals surface area contributed by atoms with Gasteiger partial charge in [0, 0.05) is 9.26 Å². The summed E-state index contributed by atoms with van der Waals surface area (Å²) < 4.78 is 14.0. The molecule has 0 aromatic heterocycles. The van der Waals surface area contributed by atoms with Crippen LogP contribution >= 0.6 is 22.6 Å². The number of benzene rings is 2. The summed E-state index contributed by atoms with van der Waals surface area (Å²) in [5, 5.41) is 6.30. The molecular weight excluding hydrogens is 386 g/mol. The number of hydrogen-bond acceptors (Lipinski definition) is 3. The van der Waals surface area contributed by atoms with Gasteiger partial charge in [0.15, 0.2) is 6.61 Å². The Balaban J connectivity index is 1.78. The van der Waals surface area contributed by atoms with Crippen LogP contribution < -0.4 is 5.32 Å². The number of hydrogen-bond donors (Lipinski definition) is 1. The molecule has 0 fully saturated rings. The van der Waals surface area contributed by atoms with Crippen LogP contribution in [0.5, 0.6) is 0 Å². The van der Waals surface area contributed by atoms with Crippen molar-refractivity contribution in [1.82, 2.24) is 0 Å². The van der Waals surface area contributed by atoms with Crippen LogP contribution in [-0.4, -0.2) is 18.7 Å². The molecule has 1 amide bonds. The summed E-state index contributed by atoms with van der Waals surface area (Å²) in [6, 6.07) is 13.3. The van der Waals surface area contributed by atoms with E-state index in [1.165, 1.54) is 18.3 Å². The van der Waals surface area contributed by atoms with Gasteiger partial charge in [-0.25, -0.2) is 4.39 Å². The van der Waals surface area contributed by atoms with Gasteiger partial charge in [-0.05, 0) is 64.6 Å². The molecule has 4 nitrogen and oxygen atoms in total. The Morgan fingerprint density at radius 1 is 1.29 bits per heavy atom. The minimum atomic E-state index is -0.351. The summed E-state index contributed by atoms with van der Waals surface area (Å²) in [6.07, 6.45) is 1.35. The predicted octanol–water partition coefficient (Wildman–Crippen LogP) is 3.42. The van der Waals surface area contributed by atoms with Crippen molar-refractivity contribution in [3.8, 4) is 0 Å². The molecule has 0 radical (unpaired) electrons. The summed E-state index contributed by atoms with van der Waals surface area (Å²) >= 11 is 2.18. The van der Waals surface area contributed by atoms with E-state index in [1.54, 1.807) is 24.3 Å². The highest BCUT2D eigenvalue weighted by Crippen LogP contribution is 2.10. The van der Waals surface area contributed by atoms with E-state index >= 15 is 0 Å². The number of rotatable bonds is 5. The average molecular weight is 398 g/mol. The van der Waals surface area contributed by atoms with Gasteiger partial charge in [-0.1, -0.05) is 17.3 Å². The van der Waals surface area contributed by atoms with E-state index in [0.29, 0.717) is 11.3 Å². The first-order valence-corrected chi connectivity index (χ1v) is 7.18. The van der Waals surface area contributed by atoms with Crippen molar-refractivity contribution in [3.63, 3.8) is 0 Å². The Bertz CT molecular complexity index is 644. The number of nitrogens with one attached hydrogen (secondary N) is 1. The van der Waals surface area contributed by atoms with Gasteiger partial charge in [0.25, 0.3) is 5.91 Å². The van der Waals surface area contributed by atoms with Gasteiger partial charge in [-0.3, -0.25) is 4.79 Å². The zero-order valence-electron chi connectivity index (χ0n) is 10.9. The van der Waals surface area contributed by atoms with Crippen LogP contribution in [0.15, 0.2) is 53.7 Å². The third-order valence-corrected chi connectivity index (χ3v) is 3.17. The predicted molar refractivity (Wildman–Crippen MR) is 87.7 cm³/mol. The Hall–Kier alpha value is -1.96. The van der Waals surface area contributed by atoms with Crippen molar-refractivity contribution in [2.45, 2.75) is 0 Å². The van der Waals surface area contributed by atoms with E-state index in [0.717, 1.165) is 3.57 Å². The Morgan fingerprint density at radius 2 is 2.05 bits per heavy atom. The van der Waals surface area contributed by atoms with Gasteiger partial charge in [-0.15, -0.1) is 0 Å². The number of nitrogens with zero attached hydrogens (tertiary/aromatic N) is 1. The van der Waals surface area contributed by atoms with E-state index < -0.39 is 0 Å². The number of carbonyl (C=O) groups excluding carboxylic acids is 1. The molecule has 1 N–H and O–H groups in total.